The van der Waals surface area contributed by atoms with E-state index in [2.05, 4.69) is 10.2 Å². The summed E-state index contributed by atoms with van der Waals surface area (Å²) in [5.74, 6) is 0.00632. The van der Waals surface area contributed by atoms with Gasteiger partial charge in [0, 0.05) is 37.3 Å². The molecule has 1 aliphatic heterocycles. The number of ketones is 1. The molecule has 0 aliphatic carbocycles. The van der Waals surface area contributed by atoms with E-state index in [9.17, 15) is 4.79 Å². The number of anilines is 2. The molecule has 24 heavy (non-hydrogen) atoms. The number of carbonyl (C=O) groups excluding carboxylic acids is 1. The van der Waals surface area contributed by atoms with E-state index in [0.717, 1.165) is 45.1 Å². The number of hydrogen-bond acceptors (Lipinski definition) is 5. The third kappa shape index (κ3) is 4.13. The van der Waals surface area contributed by atoms with Crippen LogP contribution in [0.15, 0.2) is 48.5 Å². The van der Waals surface area contributed by atoms with Crippen molar-refractivity contribution in [3.05, 3.63) is 59.7 Å². The summed E-state index contributed by atoms with van der Waals surface area (Å²) < 4.78 is 5.35. The Labute approximate surface area is 142 Å². The van der Waals surface area contributed by atoms with E-state index in [1.165, 1.54) is 0 Å². The van der Waals surface area contributed by atoms with E-state index in [4.69, 9.17) is 10.5 Å². The van der Waals surface area contributed by atoms with Crippen molar-refractivity contribution in [2.24, 2.45) is 0 Å². The number of rotatable bonds is 6. The van der Waals surface area contributed by atoms with Gasteiger partial charge in [-0.15, -0.1) is 0 Å². The monoisotopic (exact) mass is 325 g/mol. The van der Waals surface area contributed by atoms with E-state index in [1.807, 2.05) is 36.4 Å². The lowest BCUT2D eigenvalue weighted by atomic mass is 10.0. The van der Waals surface area contributed by atoms with E-state index in [-0.39, 0.29) is 5.78 Å². The highest BCUT2D eigenvalue weighted by Crippen LogP contribution is 2.21. The minimum atomic E-state index is 0.00632. The van der Waals surface area contributed by atoms with Crippen molar-refractivity contribution in [1.82, 2.24) is 4.90 Å². The number of morpholine rings is 1. The van der Waals surface area contributed by atoms with Crippen molar-refractivity contribution in [2.75, 3.05) is 50.4 Å². The van der Waals surface area contributed by atoms with Crippen LogP contribution in [-0.2, 0) is 4.74 Å². The normalized spacial score (nSPS) is 15.2. The Kier molecular flexibility index (Phi) is 5.46. The first kappa shape index (κ1) is 16.5. The zero-order valence-electron chi connectivity index (χ0n) is 13.7. The fraction of sp³-hybridized carbons (Fsp3) is 0.316. The van der Waals surface area contributed by atoms with Crippen LogP contribution in [0, 0.1) is 0 Å². The molecule has 0 aromatic heterocycles. The van der Waals surface area contributed by atoms with Crippen LogP contribution in [0.3, 0.4) is 0 Å². The molecule has 0 amide bonds. The molecule has 2 aromatic rings. The summed E-state index contributed by atoms with van der Waals surface area (Å²) in [7, 11) is 0. The number of nitrogens with one attached hydrogen (secondary N) is 1. The Morgan fingerprint density at radius 2 is 1.83 bits per heavy atom. The number of carbonyl (C=O) groups is 1. The van der Waals surface area contributed by atoms with Gasteiger partial charge in [-0.05, 0) is 18.2 Å². The van der Waals surface area contributed by atoms with Gasteiger partial charge in [-0.25, -0.2) is 0 Å². The minimum absolute atomic E-state index is 0.00632. The smallest absolute Gasteiger partial charge is 0.193 e. The van der Waals surface area contributed by atoms with Crippen molar-refractivity contribution >= 4 is 17.2 Å². The zero-order chi connectivity index (χ0) is 16.8. The molecule has 0 unspecified atom stereocenters. The molecule has 0 spiro atoms. The molecule has 126 valence electrons. The van der Waals surface area contributed by atoms with Crippen LogP contribution in [0.1, 0.15) is 15.9 Å². The van der Waals surface area contributed by atoms with Crippen LogP contribution < -0.4 is 11.1 Å². The largest absolute Gasteiger partial charge is 0.397 e. The van der Waals surface area contributed by atoms with Crippen molar-refractivity contribution in [1.29, 1.82) is 0 Å². The highest BCUT2D eigenvalue weighted by molar-refractivity contribution is 6.09. The molecule has 1 saturated heterocycles. The van der Waals surface area contributed by atoms with Crippen LogP contribution in [0.25, 0.3) is 0 Å². The van der Waals surface area contributed by atoms with Crippen molar-refractivity contribution in [3.63, 3.8) is 0 Å². The third-order valence-corrected chi connectivity index (χ3v) is 4.20. The molecule has 3 rings (SSSR count). The molecular formula is C19H23N3O2. The Balaban J connectivity index is 1.64. The summed E-state index contributed by atoms with van der Waals surface area (Å²) in [6, 6.07) is 14.7. The average Bonchev–Trinajstić information content (AvgIpc) is 2.64. The van der Waals surface area contributed by atoms with E-state index in [1.54, 1.807) is 12.1 Å². The number of ether oxygens (including phenoxy) is 1. The molecule has 0 atom stereocenters. The molecular weight excluding hydrogens is 302 g/mol. The third-order valence-electron chi connectivity index (χ3n) is 4.20. The lowest BCUT2D eigenvalue weighted by molar-refractivity contribution is 0.0398. The summed E-state index contributed by atoms with van der Waals surface area (Å²) in [6.07, 6.45) is 0. The van der Waals surface area contributed by atoms with Gasteiger partial charge in [0.05, 0.1) is 24.6 Å². The number of hydrogen-bond donors (Lipinski definition) is 2. The molecule has 3 N–H and O–H groups in total. The molecule has 5 nitrogen and oxygen atoms in total. The molecule has 1 heterocycles. The molecule has 0 bridgehead atoms. The van der Waals surface area contributed by atoms with Gasteiger partial charge in [-0.3, -0.25) is 9.69 Å². The predicted octanol–water partition coefficient (Wildman–Crippen LogP) is 2.24. The van der Waals surface area contributed by atoms with E-state index >= 15 is 0 Å². The maximum atomic E-state index is 12.5. The van der Waals surface area contributed by atoms with Crippen LogP contribution in [0.5, 0.6) is 0 Å². The first-order valence-corrected chi connectivity index (χ1v) is 8.27. The zero-order valence-corrected chi connectivity index (χ0v) is 13.7. The summed E-state index contributed by atoms with van der Waals surface area (Å²) >= 11 is 0. The maximum absolute atomic E-state index is 12.5. The predicted molar refractivity (Wildman–Crippen MR) is 96.5 cm³/mol. The van der Waals surface area contributed by atoms with Gasteiger partial charge in [0.15, 0.2) is 5.78 Å². The van der Waals surface area contributed by atoms with Gasteiger partial charge in [0.25, 0.3) is 0 Å². The number of nitrogens with two attached hydrogens (primary N) is 1. The summed E-state index contributed by atoms with van der Waals surface area (Å²) in [5.41, 5.74) is 8.83. The van der Waals surface area contributed by atoms with Crippen LogP contribution in [0.4, 0.5) is 11.4 Å². The lowest BCUT2D eigenvalue weighted by Gasteiger charge is -2.26. The van der Waals surface area contributed by atoms with Gasteiger partial charge in [-0.1, -0.05) is 30.3 Å². The highest BCUT2D eigenvalue weighted by Gasteiger charge is 2.12. The maximum Gasteiger partial charge on any atom is 0.193 e. The van der Waals surface area contributed by atoms with Crippen molar-refractivity contribution < 1.29 is 9.53 Å². The van der Waals surface area contributed by atoms with Crippen molar-refractivity contribution in [3.8, 4) is 0 Å². The van der Waals surface area contributed by atoms with Gasteiger partial charge in [0.1, 0.15) is 0 Å². The molecule has 5 heteroatoms. The second kappa shape index (κ2) is 7.95. The van der Waals surface area contributed by atoms with Gasteiger partial charge in [-0.2, -0.15) is 0 Å². The molecule has 1 fully saturated rings. The van der Waals surface area contributed by atoms with Crippen molar-refractivity contribution in [2.45, 2.75) is 0 Å². The molecule has 2 aromatic carbocycles. The quantitative estimate of drug-likeness (QED) is 0.630. The Bertz CT molecular complexity index is 682. The summed E-state index contributed by atoms with van der Waals surface area (Å²) in [5, 5.41) is 3.35. The number of benzene rings is 2. The number of nitrogen functional groups attached to an aromatic ring is 1. The van der Waals surface area contributed by atoms with Crippen LogP contribution >= 0.6 is 0 Å². The molecule has 1 aliphatic rings. The lowest BCUT2D eigenvalue weighted by Crippen LogP contribution is -2.39. The highest BCUT2D eigenvalue weighted by atomic mass is 16.5. The standard InChI is InChI=1S/C19H23N3O2/c20-17-7-6-16(19(23)15-4-2-1-3-5-15)14-18(17)21-8-9-22-10-12-24-13-11-22/h1-7,14,21H,8-13,20H2. The Morgan fingerprint density at radius 1 is 1.08 bits per heavy atom. The SMILES string of the molecule is Nc1ccc(C(=O)c2ccccc2)cc1NCCN1CCOCC1. The second-order valence-corrected chi connectivity index (χ2v) is 5.88. The topological polar surface area (TPSA) is 67.6 Å². The van der Waals surface area contributed by atoms with E-state index in [0.29, 0.717) is 16.8 Å². The van der Waals surface area contributed by atoms with Crippen LogP contribution in [0.2, 0.25) is 0 Å². The number of nitrogens with zero attached hydrogens (tertiary/aromatic N) is 1. The summed E-state index contributed by atoms with van der Waals surface area (Å²) in [6.45, 7) is 5.23. The first-order chi connectivity index (χ1) is 11.7. The Morgan fingerprint density at radius 3 is 2.58 bits per heavy atom. The van der Waals surface area contributed by atoms with Gasteiger partial charge in [0.2, 0.25) is 0 Å². The fourth-order valence-electron chi connectivity index (χ4n) is 2.78. The minimum Gasteiger partial charge on any atom is -0.397 e. The molecule has 0 saturated carbocycles. The second-order valence-electron chi connectivity index (χ2n) is 5.88. The molecule has 0 radical (unpaired) electrons. The van der Waals surface area contributed by atoms with Gasteiger partial charge < -0.3 is 15.8 Å². The summed E-state index contributed by atoms with van der Waals surface area (Å²) in [4.78, 5) is 14.9. The average molecular weight is 325 g/mol. The van der Waals surface area contributed by atoms with Gasteiger partial charge >= 0.3 is 0 Å². The van der Waals surface area contributed by atoms with Crippen LogP contribution in [-0.4, -0.2) is 50.1 Å². The van der Waals surface area contributed by atoms with E-state index < -0.39 is 0 Å². The fourth-order valence-corrected chi connectivity index (χ4v) is 2.78. The Hall–Kier alpha value is -2.37. The first-order valence-electron chi connectivity index (χ1n) is 8.27.